The molecule has 3 atom stereocenters. The number of nitrogens with zero attached hydrogens (tertiary/aromatic N) is 3. The molecule has 0 spiro atoms. The number of guanidine groups is 1. The Bertz CT molecular complexity index is 601. The molecule has 31 heavy (non-hydrogen) atoms. The van der Waals surface area contributed by atoms with Crippen LogP contribution in [0.4, 0.5) is 4.79 Å². The first-order chi connectivity index (χ1) is 14.9. The van der Waals surface area contributed by atoms with Gasteiger partial charge in [0.25, 0.3) is 0 Å². The van der Waals surface area contributed by atoms with Crippen LogP contribution in [0.5, 0.6) is 0 Å². The number of ether oxygens (including phenoxy) is 3. The topological polar surface area (TPSA) is 75.6 Å². The molecule has 3 saturated heterocycles. The highest BCUT2D eigenvalue weighted by Crippen LogP contribution is 2.23. The molecule has 1 amide bonds. The standard InChI is InChI=1S/C23H42N4O4/c1-5-24-21(26-13-15-30-20(17-26)19-9-7-14-29-19)25-11-10-18-8-6-12-27(16-18)22(28)31-23(2,3)4/h18-20H,5-17H2,1-4H3,(H,24,25). The average molecular weight is 439 g/mol. The van der Waals surface area contributed by atoms with Gasteiger partial charge in [-0.2, -0.15) is 0 Å². The van der Waals surface area contributed by atoms with E-state index in [1.54, 1.807) is 0 Å². The van der Waals surface area contributed by atoms with E-state index in [0.717, 1.165) is 83.9 Å². The number of nitrogens with one attached hydrogen (secondary N) is 1. The predicted octanol–water partition coefficient (Wildman–Crippen LogP) is 2.87. The van der Waals surface area contributed by atoms with Crippen LogP contribution in [0.1, 0.15) is 59.8 Å². The Kier molecular flexibility index (Phi) is 8.84. The first-order valence-electron chi connectivity index (χ1n) is 12.1. The smallest absolute Gasteiger partial charge is 0.410 e. The molecule has 3 fully saturated rings. The Morgan fingerprint density at radius 1 is 1.06 bits per heavy atom. The second kappa shape index (κ2) is 11.4. The maximum atomic E-state index is 12.4. The highest BCUT2D eigenvalue weighted by atomic mass is 16.6. The molecule has 8 heteroatoms. The third-order valence-electron chi connectivity index (χ3n) is 6.08. The summed E-state index contributed by atoms with van der Waals surface area (Å²) in [6.07, 6.45) is 5.51. The largest absolute Gasteiger partial charge is 0.444 e. The van der Waals surface area contributed by atoms with Gasteiger partial charge in [-0.1, -0.05) is 0 Å². The zero-order valence-electron chi connectivity index (χ0n) is 19.9. The van der Waals surface area contributed by atoms with Crippen molar-refractivity contribution >= 4 is 12.1 Å². The van der Waals surface area contributed by atoms with E-state index in [1.807, 2.05) is 25.7 Å². The number of aliphatic imine (C=N–C) groups is 1. The molecule has 8 nitrogen and oxygen atoms in total. The van der Waals surface area contributed by atoms with Crippen LogP contribution in [0.2, 0.25) is 0 Å². The van der Waals surface area contributed by atoms with Crippen molar-refractivity contribution in [1.82, 2.24) is 15.1 Å². The van der Waals surface area contributed by atoms with Crippen molar-refractivity contribution in [3.63, 3.8) is 0 Å². The van der Waals surface area contributed by atoms with E-state index in [2.05, 4.69) is 17.1 Å². The number of hydrogen-bond acceptors (Lipinski definition) is 5. The van der Waals surface area contributed by atoms with E-state index in [9.17, 15) is 4.79 Å². The summed E-state index contributed by atoms with van der Waals surface area (Å²) in [5.74, 6) is 1.44. The fourth-order valence-corrected chi connectivity index (χ4v) is 4.56. The molecule has 3 unspecified atom stereocenters. The molecule has 0 aromatic rings. The van der Waals surface area contributed by atoms with E-state index in [-0.39, 0.29) is 18.3 Å². The van der Waals surface area contributed by atoms with Crippen LogP contribution >= 0.6 is 0 Å². The molecular weight excluding hydrogens is 396 g/mol. The van der Waals surface area contributed by atoms with Gasteiger partial charge in [-0.25, -0.2) is 4.79 Å². The summed E-state index contributed by atoms with van der Waals surface area (Å²) in [6.45, 7) is 14.2. The van der Waals surface area contributed by atoms with Gasteiger partial charge in [0, 0.05) is 45.9 Å². The lowest BCUT2D eigenvalue weighted by Crippen LogP contribution is -2.53. The van der Waals surface area contributed by atoms with Crippen molar-refractivity contribution in [2.45, 2.75) is 77.6 Å². The van der Waals surface area contributed by atoms with Crippen LogP contribution in [0.25, 0.3) is 0 Å². The molecule has 0 aliphatic carbocycles. The minimum absolute atomic E-state index is 0.126. The normalized spacial score (nSPS) is 28.0. The quantitative estimate of drug-likeness (QED) is 0.525. The van der Waals surface area contributed by atoms with Crippen molar-refractivity contribution in [3.05, 3.63) is 0 Å². The Balaban J connectivity index is 1.50. The maximum absolute atomic E-state index is 12.4. The summed E-state index contributed by atoms with van der Waals surface area (Å²) in [5.41, 5.74) is -0.450. The Hall–Kier alpha value is -1.54. The zero-order valence-corrected chi connectivity index (χ0v) is 19.9. The monoisotopic (exact) mass is 438 g/mol. The molecule has 0 saturated carbocycles. The number of hydrogen-bond donors (Lipinski definition) is 1. The molecule has 0 bridgehead atoms. The van der Waals surface area contributed by atoms with Crippen molar-refractivity contribution in [1.29, 1.82) is 0 Å². The molecule has 3 rings (SSSR count). The summed E-state index contributed by atoms with van der Waals surface area (Å²) in [4.78, 5) is 21.5. The van der Waals surface area contributed by atoms with Gasteiger partial charge in [-0.3, -0.25) is 4.99 Å². The molecule has 0 radical (unpaired) electrons. The lowest BCUT2D eigenvalue weighted by Gasteiger charge is -2.37. The van der Waals surface area contributed by atoms with Crippen LogP contribution < -0.4 is 5.32 Å². The van der Waals surface area contributed by atoms with Gasteiger partial charge in [0.05, 0.1) is 12.7 Å². The molecular formula is C23H42N4O4. The van der Waals surface area contributed by atoms with Gasteiger partial charge < -0.3 is 29.3 Å². The van der Waals surface area contributed by atoms with Crippen LogP contribution in [0, 0.1) is 5.92 Å². The van der Waals surface area contributed by atoms with Gasteiger partial charge in [-0.05, 0) is 65.7 Å². The van der Waals surface area contributed by atoms with E-state index < -0.39 is 5.60 Å². The second-order valence-corrected chi connectivity index (χ2v) is 9.87. The van der Waals surface area contributed by atoms with Crippen molar-refractivity contribution in [3.8, 4) is 0 Å². The van der Waals surface area contributed by atoms with Gasteiger partial charge in [0.1, 0.15) is 11.7 Å². The van der Waals surface area contributed by atoms with Gasteiger partial charge >= 0.3 is 6.09 Å². The number of likely N-dealkylation sites (tertiary alicyclic amines) is 1. The Morgan fingerprint density at radius 3 is 2.58 bits per heavy atom. The van der Waals surface area contributed by atoms with Crippen LogP contribution in [0.15, 0.2) is 4.99 Å². The number of morpholine rings is 1. The summed E-state index contributed by atoms with van der Waals surface area (Å²) in [5, 5.41) is 3.45. The minimum Gasteiger partial charge on any atom is -0.444 e. The summed E-state index contributed by atoms with van der Waals surface area (Å²) in [7, 11) is 0. The average Bonchev–Trinajstić information content (AvgIpc) is 3.27. The highest BCUT2D eigenvalue weighted by molar-refractivity contribution is 5.80. The molecule has 178 valence electrons. The third kappa shape index (κ3) is 7.52. The van der Waals surface area contributed by atoms with Crippen LogP contribution in [-0.2, 0) is 14.2 Å². The van der Waals surface area contributed by atoms with E-state index in [1.165, 1.54) is 0 Å². The first kappa shape index (κ1) is 24.1. The van der Waals surface area contributed by atoms with E-state index >= 15 is 0 Å². The van der Waals surface area contributed by atoms with E-state index in [4.69, 9.17) is 19.2 Å². The van der Waals surface area contributed by atoms with Crippen LogP contribution in [0.3, 0.4) is 0 Å². The second-order valence-electron chi connectivity index (χ2n) is 9.87. The molecule has 3 heterocycles. The molecule has 1 N–H and O–H groups in total. The zero-order chi connectivity index (χ0) is 22.3. The fourth-order valence-electron chi connectivity index (χ4n) is 4.56. The molecule has 3 aliphatic rings. The van der Waals surface area contributed by atoms with Gasteiger partial charge in [-0.15, -0.1) is 0 Å². The minimum atomic E-state index is -0.450. The van der Waals surface area contributed by atoms with Crippen molar-refractivity contribution < 1.29 is 19.0 Å². The lowest BCUT2D eigenvalue weighted by atomic mass is 9.95. The summed E-state index contributed by atoms with van der Waals surface area (Å²) < 4.78 is 17.4. The highest BCUT2D eigenvalue weighted by Gasteiger charge is 2.32. The lowest BCUT2D eigenvalue weighted by molar-refractivity contribution is -0.0817. The number of piperidine rings is 1. The maximum Gasteiger partial charge on any atom is 0.410 e. The van der Waals surface area contributed by atoms with Gasteiger partial charge in [0.2, 0.25) is 0 Å². The SMILES string of the molecule is CCNC(=NCCC1CCCN(C(=O)OC(C)(C)C)C1)N1CCOC(C2CCCO2)C1. The Labute approximate surface area is 187 Å². The predicted molar refractivity (Wildman–Crippen MR) is 121 cm³/mol. The number of carbonyl (C=O) groups is 1. The van der Waals surface area contributed by atoms with Crippen molar-refractivity contribution in [2.75, 3.05) is 52.5 Å². The van der Waals surface area contributed by atoms with Crippen molar-refractivity contribution in [2.24, 2.45) is 10.9 Å². The molecule has 0 aromatic heterocycles. The van der Waals surface area contributed by atoms with Crippen LogP contribution in [-0.4, -0.2) is 92.1 Å². The third-order valence-corrected chi connectivity index (χ3v) is 6.08. The summed E-state index contributed by atoms with van der Waals surface area (Å²) in [6, 6.07) is 0. The van der Waals surface area contributed by atoms with E-state index in [0.29, 0.717) is 12.5 Å². The first-order valence-corrected chi connectivity index (χ1v) is 12.1. The number of amides is 1. The summed E-state index contributed by atoms with van der Waals surface area (Å²) >= 11 is 0. The molecule has 3 aliphatic heterocycles. The molecule has 0 aromatic carbocycles. The van der Waals surface area contributed by atoms with Gasteiger partial charge in [0.15, 0.2) is 5.96 Å². The number of carbonyl (C=O) groups excluding carboxylic acids is 1. The Morgan fingerprint density at radius 2 is 1.87 bits per heavy atom. The fraction of sp³-hybridized carbons (Fsp3) is 0.913. The number of rotatable bonds is 5.